The van der Waals surface area contributed by atoms with Gasteiger partial charge in [0.05, 0.1) is 6.54 Å². The Morgan fingerprint density at radius 2 is 1.67 bits per heavy atom. The van der Waals surface area contributed by atoms with Crippen LogP contribution in [-0.2, 0) is 4.79 Å². The van der Waals surface area contributed by atoms with Gasteiger partial charge in [0.25, 0.3) is 0 Å². The lowest BCUT2D eigenvalue weighted by atomic mass is 10.1. The summed E-state index contributed by atoms with van der Waals surface area (Å²) < 4.78 is 0. The average molecular weight is 213 g/mol. The highest BCUT2D eigenvalue weighted by Gasteiger charge is 2.10. The molecule has 0 fully saturated rings. The molecule has 0 radical (unpaired) electrons. The molecule has 2 nitrogen and oxygen atoms in total. The van der Waals surface area contributed by atoms with Crippen molar-refractivity contribution in [2.24, 2.45) is 0 Å². The Labute approximate surface area is 94.8 Å². The Hall–Kier alpha value is -0.370. The molecule has 0 aromatic carbocycles. The van der Waals surface area contributed by atoms with Crippen LogP contribution in [0.25, 0.3) is 0 Å². The molecule has 0 aliphatic carbocycles. The summed E-state index contributed by atoms with van der Waals surface area (Å²) in [6.07, 6.45) is 6.84. The van der Waals surface area contributed by atoms with Crippen molar-refractivity contribution in [1.82, 2.24) is 5.32 Å². The van der Waals surface area contributed by atoms with Crippen LogP contribution >= 0.6 is 0 Å². The number of Topliss-reactive ketones (excluding diaryl/α,β-unsaturated/α-hetero) is 1. The van der Waals surface area contributed by atoms with E-state index in [2.05, 4.69) is 33.0 Å². The van der Waals surface area contributed by atoms with Crippen LogP contribution in [0.4, 0.5) is 0 Å². The van der Waals surface area contributed by atoms with Crippen LogP contribution in [0.2, 0.25) is 0 Å². The van der Waals surface area contributed by atoms with Crippen LogP contribution in [0, 0.1) is 0 Å². The number of carbonyl (C=O) groups excluding carboxylic acids is 1. The normalized spacial score (nSPS) is 11.7. The quantitative estimate of drug-likeness (QED) is 0.627. The van der Waals surface area contributed by atoms with E-state index in [-0.39, 0.29) is 5.54 Å². The fourth-order valence-corrected chi connectivity index (χ4v) is 1.38. The van der Waals surface area contributed by atoms with E-state index >= 15 is 0 Å². The third kappa shape index (κ3) is 11.6. The van der Waals surface area contributed by atoms with Gasteiger partial charge in [0.2, 0.25) is 0 Å². The van der Waals surface area contributed by atoms with Crippen LogP contribution in [0.5, 0.6) is 0 Å². The molecule has 15 heavy (non-hydrogen) atoms. The lowest BCUT2D eigenvalue weighted by Gasteiger charge is -2.19. The second-order valence-electron chi connectivity index (χ2n) is 5.31. The zero-order chi connectivity index (χ0) is 11.7. The molecule has 0 rings (SSSR count). The fraction of sp³-hybridized carbons (Fsp3) is 0.923. The molecule has 0 amide bonds. The van der Waals surface area contributed by atoms with E-state index in [9.17, 15) is 4.79 Å². The van der Waals surface area contributed by atoms with E-state index in [0.717, 1.165) is 12.8 Å². The minimum atomic E-state index is 0.0534. The minimum Gasteiger partial charge on any atom is -0.305 e. The first kappa shape index (κ1) is 14.6. The molecule has 0 saturated carbocycles. The highest BCUT2D eigenvalue weighted by atomic mass is 16.1. The van der Waals surface area contributed by atoms with E-state index in [1.807, 2.05) is 0 Å². The average Bonchev–Trinajstić information content (AvgIpc) is 2.13. The summed E-state index contributed by atoms with van der Waals surface area (Å²) in [5.41, 5.74) is 0.0534. The van der Waals surface area contributed by atoms with Crippen LogP contribution in [0.1, 0.15) is 66.2 Å². The maximum absolute atomic E-state index is 11.5. The Kier molecular flexibility index (Phi) is 7.67. The molecule has 0 aliphatic heterocycles. The van der Waals surface area contributed by atoms with Crippen molar-refractivity contribution in [3.8, 4) is 0 Å². The van der Waals surface area contributed by atoms with Gasteiger partial charge in [0.1, 0.15) is 5.78 Å². The number of hydrogen-bond donors (Lipinski definition) is 1. The van der Waals surface area contributed by atoms with Crippen molar-refractivity contribution in [3.63, 3.8) is 0 Å². The van der Waals surface area contributed by atoms with E-state index in [4.69, 9.17) is 0 Å². The predicted molar refractivity (Wildman–Crippen MR) is 66.1 cm³/mol. The highest BCUT2D eigenvalue weighted by molar-refractivity contribution is 5.80. The van der Waals surface area contributed by atoms with Gasteiger partial charge in [-0.05, 0) is 27.2 Å². The monoisotopic (exact) mass is 213 g/mol. The van der Waals surface area contributed by atoms with Gasteiger partial charge in [-0.3, -0.25) is 4.79 Å². The third-order valence-electron chi connectivity index (χ3n) is 2.38. The van der Waals surface area contributed by atoms with Crippen LogP contribution in [-0.4, -0.2) is 17.9 Å². The summed E-state index contributed by atoms with van der Waals surface area (Å²) in [6.45, 7) is 8.99. The van der Waals surface area contributed by atoms with Crippen molar-refractivity contribution in [2.75, 3.05) is 6.54 Å². The fourth-order valence-electron chi connectivity index (χ4n) is 1.38. The first-order valence-electron chi connectivity index (χ1n) is 6.22. The van der Waals surface area contributed by atoms with Crippen LogP contribution in [0.3, 0.4) is 0 Å². The largest absolute Gasteiger partial charge is 0.305 e. The molecular weight excluding hydrogens is 186 g/mol. The van der Waals surface area contributed by atoms with Gasteiger partial charge < -0.3 is 5.32 Å². The molecule has 2 heteroatoms. The number of carbonyl (C=O) groups is 1. The smallest absolute Gasteiger partial charge is 0.146 e. The number of unbranched alkanes of at least 4 members (excludes halogenated alkanes) is 4. The molecule has 90 valence electrons. The number of hydrogen-bond acceptors (Lipinski definition) is 2. The Morgan fingerprint density at radius 1 is 1.07 bits per heavy atom. The molecule has 0 unspecified atom stereocenters. The van der Waals surface area contributed by atoms with Crippen LogP contribution < -0.4 is 5.32 Å². The van der Waals surface area contributed by atoms with Gasteiger partial charge in [0.15, 0.2) is 0 Å². The summed E-state index contributed by atoms with van der Waals surface area (Å²) in [7, 11) is 0. The van der Waals surface area contributed by atoms with Gasteiger partial charge in [-0.25, -0.2) is 0 Å². The molecule has 0 spiro atoms. The standard InChI is InChI=1S/C13H27NO/c1-5-6-7-8-9-10-12(15)11-14-13(2,3)4/h14H,5-11H2,1-4H3. The predicted octanol–water partition coefficient (Wildman–Crippen LogP) is 3.30. The minimum absolute atomic E-state index is 0.0534. The van der Waals surface area contributed by atoms with Crippen molar-refractivity contribution in [1.29, 1.82) is 0 Å². The number of ketones is 1. The van der Waals surface area contributed by atoms with E-state index in [1.54, 1.807) is 0 Å². The Balaban J connectivity index is 3.34. The first-order chi connectivity index (χ1) is 6.95. The zero-order valence-electron chi connectivity index (χ0n) is 10.9. The Morgan fingerprint density at radius 3 is 2.20 bits per heavy atom. The van der Waals surface area contributed by atoms with Crippen molar-refractivity contribution < 1.29 is 4.79 Å². The topological polar surface area (TPSA) is 29.1 Å². The maximum Gasteiger partial charge on any atom is 0.146 e. The molecule has 0 aliphatic rings. The van der Waals surface area contributed by atoms with Crippen LogP contribution in [0.15, 0.2) is 0 Å². The van der Waals surface area contributed by atoms with Gasteiger partial charge in [-0.1, -0.05) is 32.6 Å². The molecule has 0 aromatic rings. The molecular formula is C13H27NO. The molecule has 0 saturated heterocycles. The summed E-state index contributed by atoms with van der Waals surface area (Å²) in [5, 5.41) is 3.22. The van der Waals surface area contributed by atoms with Crippen molar-refractivity contribution in [2.45, 2.75) is 71.8 Å². The lowest BCUT2D eigenvalue weighted by Crippen LogP contribution is -2.39. The summed E-state index contributed by atoms with van der Waals surface area (Å²) in [4.78, 5) is 11.5. The SMILES string of the molecule is CCCCCCCC(=O)CNC(C)(C)C. The van der Waals surface area contributed by atoms with E-state index in [0.29, 0.717) is 12.3 Å². The zero-order valence-corrected chi connectivity index (χ0v) is 10.9. The summed E-state index contributed by atoms with van der Waals surface area (Å²) in [5.74, 6) is 0.349. The highest BCUT2D eigenvalue weighted by Crippen LogP contribution is 2.05. The van der Waals surface area contributed by atoms with Crippen molar-refractivity contribution >= 4 is 5.78 Å². The molecule has 0 atom stereocenters. The third-order valence-corrected chi connectivity index (χ3v) is 2.38. The number of nitrogens with one attached hydrogen (secondary N) is 1. The molecule has 0 heterocycles. The maximum atomic E-state index is 11.5. The van der Waals surface area contributed by atoms with E-state index in [1.165, 1.54) is 25.7 Å². The van der Waals surface area contributed by atoms with Gasteiger partial charge in [0, 0.05) is 12.0 Å². The van der Waals surface area contributed by atoms with Crippen molar-refractivity contribution in [3.05, 3.63) is 0 Å². The van der Waals surface area contributed by atoms with Gasteiger partial charge >= 0.3 is 0 Å². The molecule has 0 aromatic heterocycles. The summed E-state index contributed by atoms with van der Waals surface area (Å²) >= 11 is 0. The summed E-state index contributed by atoms with van der Waals surface area (Å²) in [6, 6.07) is 0. The number of rotatable bonds is 8. The second kappa shape index (κ2) is 7.86. The molecule has 1 N–H and O–H groups in total. The Bertz CT molecular complexity index is 170. The first-order valence-corrected chi connectivity index (χ1v) is 6.22. The van der Waals surface area contributed by atoms with E-state index < -0.39 is 0 Å². The molecule has 0 bridgehead atoms. The lowest BCUT2D eigenvalue weighted by molar-refractivity contribution is -0.118. The second-order valence-corrected chi connectivity index (χ2v) is 5.31. The van der Waals surface area contributed by atoms with Gasteiger partial charge in [-0.15, -0.1) is 0 Å². The van der Waals surface area contributed by atoms with Gasteiger partial charge in [-0.2, -0.15) is 0 Å².